The predicted octanol–water partition coefficient (Wildman–Crippen LogP) is 3.79. The van der Waals surface area contributed by atoms with E-state index in [2.05, 4.69) is 17.3 Å². The molecule has 0 bridgehead atoms. The second-order valence-corrected chi connectivity index (χ2v) is 10.9. The topological polar surface area (TPSA) is 93.9 Å². The van der Waals surface area contributed by atoms with Gasteiger partial charge in [-0.15, -0.1) is 0 Å². The number of amides is 1. The van der Waals surface area contributed by atoms with E-state index in [4.69, 9.17) is 4.98 Å². The smallest absolute Gasteiger partial charge is 0.256 e. The van der Waals surface area contributed by atoms with Crippen LogP contribution in [0.5, 0.6) is 0 Å². The van der Waals surface area contributed by atoms with Gasteiger partial charge in [0.05, 0.1) is 34.2 Å². The maximum Gasteiger partial charge on any atom is 0.256 e. The number of benzene rings is 1. The average molecular weight is 439 g/mol. The van der Waals surface area contributed by atoms with E-state index in [-0.39, 0.29) is 23.5 Å². The maximum absolute atomic E-state index is 13.3. The molecular weight excluding hydrogens is 412 g/mol. The second kappa shape index (κ2) is 7.44. The highest BCUT2D eigenvalue weighted by Crippen LogP contribution is 2.41. The molecule has 1 aliphatic carbocycles. The fourth-order valence-corrected chi connectivity index (χ4v) is 6.08. The zero-order valence-electron chi connectivity index (χ0n) is 17.8. The van der Waals surface area contributed by atoms with E-state index in [1.807, 2.05) is 37.3 Å². The van der Waals surface area contributed by atoms with Gasteiger partial charge < -0.3 is 5.32 Å². The lowest BCUT2D eigenvalue weighted by Gasteiger charge is -2.12. The van der Waals surface area contributed by atoms with Crippen LogP contribution < -0.4 is 5.32 Å². The molecule has 1 amide bonds. The molecule has 1 saturated heterocycles. The number of pyridine rings is 1. The van der Waals surface area contributed by atoms with Crippen molar-refractivity contribution in [3.05, 3.63) is 52.8 Å². The van der Waals surface area contributed by atoms with Gasteiger partial charge in [0.15, 0.2) is 15.5 Å². The highest BCUT2D eigenvalue weighted by molar-refractivity contribution is 7.91. The van der Waals surface area contributed by atoms with Crippen LogP contribution in [0.25, 0.3) is 11.0 Å². The largest absolute Gasteiger partial charge is 0.322 e. The number of hydrogen-bond donors (Lipinski definition) is 1. The first-order chi connectivity index (χ1) is 14.8. The zero-order valence-corrected chi connectivity index (χ0v) is 18.6. The summed E-state index contributed by atoms with van der Waals surface area (Å²) in [5.74, 6) is 0.408. The van der Waals surface area contributed by atoms with Crippen LogP contribution in [0, 0.1) is 6.92 Å². The third-order valence-corrected chi connectivity index (χ3v) is 7.99. The lowest BCUT2D eigenvalue weighted by Crippen LogP contribution is -2.15. The van der Waals surface area contributed by atoms with Gasteiger partial charge in [0.2, 0.25) is 0 Å². The van der Waals surface area contributed by atoms with Crippen LogP contribution in [-0.4, -0.2) is 40.6 Å². The molecular formula is C23H26N4O3S. The predicted molar refractivity (Wildman–Crippen MR) is 120 cm³/mol. The second-order valence-electron chi connectivity index (χ2n) is 8.66. The third-order valence-electron chi connectivity index (χ3n) is 6.24. The lowest BCUT2D eigenvalue weighted by molar-refractivity contribution is 0.102. The highest BCUT2D eigenvalue weighted by Gasteiger charge is 2.34. The van der Waals surface area contributed by atoms with Crippen LogP contribution in [0.4, 0.5) is 5.69 Å². The van der Waals surface area contributed by atoms with Gasteiger partial charge in [0.25, 0.3) is 5.91 Å². The number of aryl methyl sites for hydroxylation is 2. The van der Waals surface area contributed by atoms with E-state index in [0.29, 0.717) is 34.6 Å². The Hall–Kier alpha value is -2.74. The third kappa shape index (κ3) is 3.84. The van der Waals surface area contributed by atoms with E-state index >= 15 is 0 Å². The Morgan fingerprint density at radius 3 is 2.71 bits per heavy atom. The summed E-state index contributed by atoms with van der Waals surface area (Å²) in [7, 11) is -3.06. The number of fused-ring (bicyclic) bond motifs is 1. The van der Waals surface area contributed by atoms with Crippen molar-refractivity contribution in [2.75, 3.05) is 16.8 Å². The fraction of sp³-hybridized carbons (Fsp3) is 0.435. The van der Waals surface area contributed by atoms with Crippen molar-refractivity contribution in [3.63, 3.8) is 0 Å². The molecule has 0 spiro atoms. The van der Waals surface area contributed by atoms with Crippen LogP contribution in [0.2, 0.25) is 0 Å². The summed E-state index contributed by atoms with van der Waals surface area (Å²) in [6.45, 7) is 3.94. The Morgan fingerprint density at radius 1 is 1.23 bits per heavy atom. The quantitative estimate of drug-likeness (QED) is 0.654. The van der Waals surface area contributed by atoms with Crippen molar-refractivity contribution in [1.29, 1.82) is 0 Å². The molecule has 31 heavy (non-hydrogen) atoms. The van der Waals surface area contributed by atoms with Crippen molar-refractivity contribution in [2.45, 2.75) is 51.5 Å². The molecule has 8 heteroatoms. The number of rotatable bonds is 5. The van der Waals surface area contributed by atoms with Gasteiger partial charge in [-0.2, -0.15) is 5.10 Å². The summed E-state index contributed by atoms with van der Waals surface area (Å²) in [5.41, 5.74) is 4.68. The molecule has 1 saturated carbocycles. The van der Waals surface area contributed by atoms with Crippen molar-refractivity contribution >= 4 is 32.5 Å². The number of carbonyl (C=O) groups excluding carboxylic acids is 1. The SMILES string of the molecule is CCc1cccc(NC(=O)c2cc(C3CC3)nc3c2c(C)nn3[C@H]2CCS(=O)(=O)C2)c1. The van der Waals surface area contributed by atoms with E-state index in [1.54, 1.807) is 4.68 Å². The van der Waals surface area contributed by atoms with Gasteiger partial charge in [-0.1, -0.05) is 19.1 Å². The van der Waals surface area contributed by atoms with E-state index in [0.717, 1.165) is 36.2 Å². The van der Waals surface area contributed by atoms with Gasteiger partial charge in [-0.05, 0) is 56.4 Å². The minimum absolute atomic E-state index is 0.0733. The number of sulfone groups is 1. The summed E-state index contributed by atoms with van der Waals surface area (Å²) < 4.78 is 25.8. The molecule has 3 heterocycles. The number of aromatic nitrogens is 3. The molecule has 1 aliphatic heterocycles. The number of carbonyl (C=O) groups is 1. The van der Waals surface area contributed by atoms with E-state index in [9.17, 15) is 13.2 Å². The number of nitrogens with zero attached hydrogens (tertiary/aromatic N) is 3. The molecule has 2 fully saturated rings. The molecule has 1 atom stereocenters. The van der Waals surface area contributed by atoms with Crippen molar-refractivity contribution in [1.82, 2.24) is 14.8 Å². The Morgan fingerprint density at radius 2 is 2.03 bits per heavy atom. The monoisotopic (exact) mass is 438 g/mol. The molecule has 5 rings (SSSR count). The van der Waals surface area contributed by atoms with Crippen molar-refractivity contribution < 1.29 is 13.2 Å². The van der Waals surface area contributed by atoms with Crippen LogP contribution in [-0.2, 0) is 16.3 Å². The maximum atomic E-state index is 13.3. The van der Waals surface area contributed by atoms with Crippen molar-refractivity contribution in [3.8, 4) is 0 Å². The Labute approximate surface area is 181 Å². The number of anilines is 1. The molecule has 3 aromatic rings. The van der Waals surface area contributed by atoms with Crippen LogP contribution in [0.3, 0.4) is 0 Å². The first-order valence-corrected chi connectivity index (χ1v) is 12.7. The van der Waals surface area contributed by atoms with Crippen LogP contribution in [0.15, 0.2) is 30.3 Å². The number of nitrogens with one attached hydrogen (secondary N) is 1. The van der Waals surface area contributed by atoms with Gasteiger partial charge in [0.1, 0.15) is 0 Å². The van der Waals surface area contributed by atoms with Crippen LogP contribution in [0.1, 0.15) is 65.5 Å². The molecule has 162 valence electrons. The Kier molecular flexibility index (Phi) is 4.84. The summed E-state index contributed by atoms with van der Waals surface area (Å²) >= 11 is 0. The van der Waals surface area contributed by atoms with E-state index in [1.165, 1.54) is 0 Å². The van der Waals surface area contributed by atoms with Gasteiger partial charge in [-0.25, -0.2) is 18.1 Å². The lowest BCUT2D eigenvalue weighted by atomic mass is 10.1. The molecule has 7 nitrogen and oxygen atoms in total. The average Bonchev–Trinajstić information content (AvgIpc) is 3.46. The van der Waals surface area contributed by atoms with Gasteiger partial charge >= 0.3 is 0 Å². The van der Waals surface area contributed by atoms with Crippen LogP contribution >= 0.6 is 0 Å². The van der Waals surface area contributed by atoms with Gasteiger partial charge in [0, 0.05) is 17.3 Å². The molecule has 1 N–H and O–H groups in total. The van der Waals surface area contributed by atoms with E-state index < -0.39 is 9.84 Å². The normalized spacial score (nSPS) is 20.3. The zero-order chi connectivity index (χ0) is 21.8. The summed E-state index contributed by atoms with van der Waals surface area (Å²) in [6, 6.07) is 9.50. The summed E-state index contributed by atoms with van der Waals surface area (Å²) in [6.07, 6.45) is 3.54. The standard InChI is InChI=1S/C23H26N4O3S/c1-3-15-5-4-6-17(11-15)24-23(28)19-12-20(16-7-8-16)25-22-21(19)14(2)26-27(22)18-9-10-31(29,30)13-18/h4-6,11-12,16,18H,3,7-10,13H2,1-2H3,(H,24,28)/t18-/m0/s1. The first kappa shape index (κ1) is 20.2. The molecule has 2 aromatic heterocycles. The Bertz CT molecular complexity index is 1290. The first-order valence-electron chi connectivity index (χ1n) is 10.8. The Balaban J connectivity index is 1.59. The van der Waals surface area contributed by atoms with Crippen molar-refractivity contribution in [2.24, 2.45) is 0 Å². The molecule has 0 unspecified atom stereocenters. The summed E-state index contributed by atoms with van der Waals surface area (Å²) in [4.78, 5) is 18.2. The highest BCUT2D eigenvalue weighted by atomic mass is 32.2. The van der Waals surface area contributed by atoms with Gasteiger partial charge in [-0.3, -0.25) is 4.79 Å². The molecule has 2 aliphatic rings. The minimum Gasteiger partial charge on any atom is -0.322 e. The minimum atomic E-state index is -3.06. The molecule has 0 radical (unpaired) electrons. The summed E-state index contributed by atoms with van der Waals surface area (Å²) in [5, 5.41) is 8.38. The molecule has 1 aromatic carbocycles. The fourth-order valence-electron chi connectivity index (χ4n) is 4.39. The number of hydrogen-bond acceptors (Lipinski definition) is 5.